The van der Waals surface area contributed by atoms with Gasteiger partial charge in [0.05, 0.1) is 0 Å². The Bertz CT molecular complexity index is 410. The van der Waals surface area contributed by atoms with E-state index in [1.165, 1.54) is 0 Å². The summed E-state index contributed by atoms with van der Waals surface area (Å²) in [6.45, 7) is 4.04. The van der Waals surface area contributed by atoms with Gasteiger partial charge in [-0.1, -0.05) is 6.07 Å². The van der Waals surface area contributed by atoms with Gasteiger partial charge in [-0.15, -0.1) is 0 Å². The fourth-order valence-electron chi connectivity index (χ4n) is 2.87. The van der Waals surface area contributed by atoms with Crippen molar-refractivity contribution in [3.05, 3.63) is 23.9 Å². The monoisotopic (exact) mass is 264 g/mol. The zero-order chi connectivity index (χ0) is 13.8. The maximum atomic E-state index is 9.51. The normalized spacial score (nSPS) is 24.2. The number of nitrogens with two attached hydrogens (primary N) is 1. The van der Waals surface area contributed by atoms with Gasteiger partial charge in [0.1, 0.15) is 5.82 Å². The Balaban J connectivity index is 1.98. The Kier molecular flexibility index (Phi) is 4.74. The molecule has 1 fully saturated rings. The molecule has 1 aliphatic heterocycles. The van der Waals surface area contributed by atoms with Crippen molar-refractivity contribution in [1.82, 2.24) is 14.8 Å². The molecule has 5 heteroatoms. The Morgan fingerprint density at radius 2 is 2.16 bits per heavy atom. The van der Waals surface area contributed by atoms with Crippen LogP contribution in [0.2, 0.25) is 0 Å². The number of aliphatic hydroxyl groups is 1. The summed E-state index contributed by atoms with van der Waals surface area (Å²) in [5, 5.41) is 9.51. The molecule has 5 nitrogen and oxygen atoms in total. The lowest BCUT2D eigenvalue weighted by Gasteiger charge is -2.20. The summed E-state index contributed by atoms with van der Waals surface area (Å²) >= 11 is 0. The molecule has 2 heterocycles. The van der Waals surface area contributed by atoms with Crippen LogP contribution >= 0.6 is 0 Å². The van der Waals surface area contributed by atoms with E-state index in [1.807, 2.05) is 12.1 Å². The molecular weight excluding hydrogens is 240 g/mol. The van der Waals surface area contributed by atoms with E-state index < -0.39 is 0 Å². The van der Waals surface area contributed by atoms with Gasteiger partial charge in [0.25, 0.3) is 0 Å². The summed E-state index contributed by atoms with van der Waals surface area (Å²) in [6, 6.07) is 3.94. The van der Waals surface area contributed by atoms with Crippen molar-refractivity contribution in [2.75, 3.05) is 46.1 Å². The van der Waals surface area contributed by atoms with E-state index in [0.717, 1.165) is 31.7 Å². The van der Waals surface area contributed by atoms with E-state index in [9.17, 15) is 5.11 Å². The van der Waals surface area contributed by atoms with Gasteiger partial charge < -0.3 is 15.7 Å². The number of likely N-dealkylation sites (tertiary alicyclic amines) is 1. The third-order valence-electron chi connectivity index (χ3n) is 3.81. The fraction of sp³-hybridized carbons (Fsp3) is 0.643. The Hall–Kier alpha value is -1.17. The lowest BCUT2D eigenvalue weighted by Crippen LogP contribution is -2.28. The second kappa shape index (κ2) is 6.32. The number of aliphatic hydroxyl groups excluding tert-OH is 1. The van der Waals surface area contributed by atoms with Gasteiger partial charge >= 0.3 is 0 Å². The molecule has 1 saturated heterocycles. The minimum absolute atomic E-state index is 0.261. The standard InChI is InChI=1S/C14H24N4O/c1-17(2)6-12-8-18(9-13(12)10-19)7-11-4-3-5-16-14(11)15/h3-5,12-13,19H,6-10H2,1-2H3,(H2,15,16)/t12-,13-/m1/s1. The van der Waals surface area contributed by atoms with Crippen LogP contribution in [0.15, 0.2) is 18.3 Å². The molecule has 0 saturated carbocycles. The molecule has 106 valence electrons. The summed E-state index contributed by atoms with van der Waals surface area (Å²) < 4.78 is 0. The van der Waals surface area contributed by atoms with Crippen molar-refractivity contribution < 1.29 is 5.11 Å². The molecule has 0 amide bonds. The first kappa shape index (κ1) is 14.2. The van der Waals surface area contributed by atoms with Crippen LogP contribution in [0, 0.1) is 11.8 Å². The summed E-state index contributed by atoms with van der Waals surface area (Å²) in [6.07, 6.45) is 1.72. The Morgan fingerprint density at radius 1 is 1.42 bits per heavy atom. The van der Waals surface area contributed by atoms with Crippen molar-refractivity contribution in [1.29, 1.82) is 0 Å². The first-order chi connectivity index (χ1) is 9.10. The zero-order valence-electron chi connectivity index (χ0n) is 11.8. The molecular formula is C14H24N4O. The van der Waals surface area contributed by atoms with Crippen LogP contribution < -0.4 is 5.73 Å². The molecule has 0 bridgehead atoms. The van der Waals surface area contributed by atoms with Gasteiger partial charge in [0, 0.05) is 44.5 Å². The first-order valence-electron chi connectivity index (χ1n) is 6.77. The quantitative estimate of drug-likeness (QED) is 0.799. The van der Waals surface area contributed by atoms with Gasteiger partial charge in [0.15, 0.2) is 0 Å². The highest BCUT2D eigenvalue weighted by atomic mass is 16.3. The van der Waals surface area contributed by atoms with Crippen molar-refractivity contribution in [2.24, 2.45) is 11.8 Å². The number of anilines is 1. The third kappa shape index (κ3) is 3.65. The lowest BCUT2D eigenvalue weighted by molar-refractivity contribution is 0.183. The molecule has 19 heavy (non-hydrogen) atoms. The largest absolute Gasteiger partial charge is 0.396 e. The number of nitrogens with zero attached hydrogens (tertiary/aromatic N) is 3. The lowest BCUT2D eigenvalue weighted by atomic mass is 9.97. The van der Waals surface area contributed by atoms with Crippen molar-refractivity contribution in [2.45, 2.75) is 6.54 Å². The van der Waals surface area contributed by atoms with Gasteiger partial charge in [-0.3, -0.25) is 4.90 Å². The highest BCUT2D eigenvalue weighted by Gasteiger charge is 2.32. The zero-order valence-corrected chi connectivity index (χ0v) is 11.8. The molecule has 2 rings (SSSR count). The Morgan fingerprint density at radius 3 is 2.79 bits per heavy atom. The van der Waals surface area contributed by atoms with Crippen molar-refractivity contribution in [3.8, 4) is 0 Å². The van der Waals surface area contributed by atoms with E-state index in [-0.39, 0.29) is 6.61 Å². The predicted molar refractivity (Wildman–Crippen MR) is 76.5 cm³/mol. The number of rotatable bonds is 5. The molecule has 2 atom stereocenters. The van der Waals surface area contributed by atoms with Gasteiger partial charge in [-0.05, 0) is 32.0 Å². The molecule has 0 aromatic carbocycles. The summed E-state index contributed by atoms with van der Waals surface area (Å²) in [7, 11) is 4.16. The van der Waals surface area contributed by atoms with E-state index in [4.69, 9.17) is 5.73 Å². The van der Waals surface area contributed by atoms with E-state index in [0.29, 0.717) is 17.7 Å². The minimum Gasteiger partial charge on any atom is -0.396 e. The molecule has 1 aromatic heterocycles. The van der Waals surface area contributed by atoms with Gasteiger partial charge in [-0.2, -0.15) is 0 Å². The van der Waals surface area contributed by atoms with Crippen LogP contribution in [-0.4, -0.2) is 60.2 Å². The molecule has 0 spiro atoms. The number of aromatic nitrogens is 1. The molecule has 0 radical (unpaired) electrons. The van der Waals surface area contributed by atoms with E-state index in [2.05, 4.69) is 28.9 Å². The summed E-state index contributed by atoms with van der Waals surface area (Å²) in [4.78, 5) is 8.67. The highest BCUT2D eigenvalue weighted by Crippen LogP contribution is 2.25. The van der Waals surface area contributed by atoms with Crippen LogP contribution in [0.5, 0.6) is 0 Å². The first-order valence-corrected chi connectivity index (χ1v) is 6.77. The van der Waals surface area contributed by atoms with E-state index in [1.54, 1.807) is 6.20 Å². The van der Waals surface area contributed by atoms with Gasteiger partial charge in [-0.25, -0.2) is 4.98 Å². The second-order valence-corrected chi connectivity index (χ2v) is 5.71. The summed E-state index contributed by atoms with van der Waals surface area (Å²) in [5.41, 5.74) is 6.96. The minimum atomic E-state index is 0.261. The molecule has 1 aliphatic rings. The van der Waals surface area contributed by atoms with Crippen molar-refractivity contribution in [3.63, 3.8) is 0 Å². The highest BCUT2D eigenvalue weighted by molar-refractivity contribution is 5.38. The molecule has 0 aliphatic carbocycles. The van der Waals surface area contributed by atoms with Crippen LogP contribution in [0.4, 0.5) is 5.82 Å². The molecule has 1 aromatic rings. The maximum absolute atomic E-state index is 9.51. The number of hydrogen-bond acceptors (Lipinski definition) is 5. The van der Waals surface area contributed by atoms with Crippen LogP contribution in [0.1, 0.15) is 5.56 Å². The Labute approximate surface area is 115 Å². The maximum Gasteiger partial charge on any atom is 0.127 e. The number of pyridine rings is 1. The third-order valence-corrected chi connectivity index (χ3v) is 3.81. The average molecular weight is 264 g/mol. The van der Waals surface area contributed by atoms with Crippen LogP contribution in [-0.2, 0) is 6.54 Å². The second-order valence-electron chi connectivity index (χ2n) is 5.71. The number of hydrogen-bond donors (Lipinski definition) is 2. The average Bonchev–Trinajstić information content (AvgIpc) is 2.73. The topological polar surface area (TPSA) is 65.6 Å². The van der Waals surface area contributed by atoms with Crippen LogP contribution in [0.3, 0.4) is 0 Å². The molecule has 3 N–H and O–H groups in total. The molecule has 0 unspecified atom stereocenters. The van der Waals surface area contributed by atoms with Gasteiger partial charge in [0.2, 0.25) is 0 Å². The van der Waals surface area contributed by atoms with Crippen LogP contribution in [0.25, 0.3) is 0 Å². The summed E-state index contributed by atoms with van der Waals surface area (Å²) in [5.74, 6) is 1.50. The van der Waals surface area contributed by atoms with Crippen molar-refractivity contribution >= 4 is 5.82 Å². The smallest absolute Gasteiger partial charge is 0.127 e. The fourth-order valence-corrected chi connectivity index (χ4v) is 2.87. The SMILES string of the molecule is CN(C)C[C@@H]1CN(Cc2cccnc2N)C[C@@H]1CO. The van der Waals surface area contributed by atoms with E-state index >= 15 is 0 Å². The number of nitrogen functional groups attached to an aromatic ring is 1. The predicted octanol–water partition coefficient (Wildman–Crippen LogP) is 0.266.